The van der Waals surface area contributed by atoms with Crippen LogP contribution >= 0.6 is 0 Å². The van der Waals surface area contributed by atoms with Crippen molar-refractivity contribution in [2.45, 2.75) is 27.2 Å². The molecule has 0 radical (unpaired) electrons. The van der Waals surface area contributed by atoms with Gasteiger partial charge >= 0.3 is 12.0 Å². The van der Waals surface area contributed by atoms with Gasteiger partial charge in [0, 0.05) is 13.1 Å². The highest BCUT2D eigenvalue weighted by Crippen LogP contribution is 2.14. The van der Waals surface area contributed by atoms with E-state index in [-0.39, 0.29) is 18.5 Å². The SMILES string of the molecule is CCCNC(=O)NCC(C)(C)C(=O)OC. The summed E-state index contributed by atoms with van der Waals surface area (Å²) in [5, 5.41) is 5.28. The van der Waals surface area contributed by atoms with E-state index in [9.17, 15) is 9.59 Å². The summed E-state index contributed by atoms with van der Waals surface area (Å²) in [5.74, 6) is -0.335. The zero-order chi connectivity index (χ0) is 11.9. The Morgan fingerprint density at radius 3 is 2.33 bits per heavy atom. The number of nitrogens with one attached hydrogen (secondary N) is 2. The summed E-state index contributed by atoms with van der Waals surface area (Å²) in [5.41, 5.74) is -0.696. The molecule has 0 fully saturated rings. The number of rotatable bonds is 5. The summed E-state index contributed by atoms with van der Waals surface area (Å²) in [7, 11) is 1.33. The first kappa shape index (κ1) is 13.7. The highest BCUT2D eigenvalue weighted by atomic mass is 16.5. The molecule has 0 saturated heterocycles. The third kappa shape index (κ3) is 5.24. The van der Waals surface area contributed by atoms with Crippen molar-refractivity contribution in [2.75, 3.05) is 20.2 Å². The van der Waals surface area contributed by atoms with E-state index >= 15 is 0 Å². The van der Waals surface area contributed by atoms with Gasteiger partial charge in [0.25, 0.3) is 0 Å². The fraction of sp³-hybridized carbons (Fsp3) is 0.800. The standard InChI is InChI=1S/C10H20N2O3/c1-5-6-11-9(14)12-7-10(2,3)8(13)15-4/h5-7H2,1-4H3,(H2,11,12,14). The number of carbonyl (C=O) groups excluding carboxylic acids is 2. The van der Waals surface area contributed by atoms with Crippen molar-refractivity contribution in [3.8, 4) is 0 Å². The number of ether oxygens (including phenoxy) is 1. The zero-order valence-corrected chi connectivity index (χ0v) is 9.85. The summed E-state index contributed by atoms with van der Waals surface area (Å²) in [6.45, 7) is 6.30. The first-order valence-electron chi connectivity index (χ1n) is 5.04. The summed E-state index contributed by atoms with van der Waals surface area (Å²) < 4.78 is 4.62. The monoisotopic (exact) mass is 216 g/mol. The molecule has 0 aliphatic heterocycles. The summed E-state index contributed by atoms with van der Waals surface area (Å²) in [4.78, 5) is 22.5. The number of hydrogen-bond donors (Lipinski definition) is 2. The van der Waals surface area contributed by atoms with Gasteiger partial charge in [0.1, 0.15) is 0 Å². The smallest absolute Gasteiger partial charge is 0.314 e. The van der Waals surface area contributed by atoms with E-state index in [1.807, 2.05) is 6.92 Å². The van der Waals surface area contributed by atoms with Crippen LogP contribution in [0.4, 0.5) is 4.79 Å². The first-order chi connectivity index (χ1) is 6.94. The third-order valence-electron chi connectivity index (χ3n) is 1.96. The van der Waals surface area contributed by atoms with Gasteiger partial charge in [0.15, 0.2) is 0 Å². The summed E-state index contributed by atoms with van der Waals surface area (Å²) >= 11 is 0. The Morgan fingerprint density at radius 1 is 1.27 bits per heavy atom. The first-order valence-corrected chi connectivity index (χ1v) is 5.04. The molecular formula is C10H20N2O3. The molecule has 0 heterocycles. The van der Waals surface area contributed by atoms with Gasteiger partial charge in [-0.2, -0.15) is 0 Å². The van der Waals surface area contributed by atoms with E-state index in [4.69, 9.17) is 0 Å². The molecule has 5 heteroatoms. The molecule has 0 saturated carbocycles. The lowest BCUT2D eigenvalue weighted by atomic mass is 9.94. The molecule has 0 unspecified atom stereocenters. The number of esters is 1. The Morgan fingerprint density at radius 2 is 1.87 bits per heavy atom. The van der Waals surface area contributed by atoms with E-state index in [1.165, 1.54) is 7.11 Å². The molecule has 2 amide bonds. The molecule has 0 rings (SSSR count). The molecule has 0 aromatic carbocycles. The highest BCUT2D eigenvalue weighted by Gasteiger charge is 2.28. The van der Waals surface area contributed by atoms with Gasteiger partial charge in [-0.05, 0) is 20.3 Å². The minimum absolute atomic E-state index is 0.256. The van der Waals surface area contributed by atoms with Crippen LogP contribution in [-0.2, 0) is 9.53 Å². The molecule has 0 bridgehead atoms. The average molecular weight is 216 g/mol. The maximum absolute atomic E-state index is 11.3. The van der Waals surface area contributed by atoms with Gasteiger partial charge in [0.05, 0.1) is 12.5 Å². The minimum Gasteiger partial charge on any atom is -0.469 e. The summed E-state index contributed by atoms with van der Waals surface area (Å²) in [6, 6.07) is -0.256. The van der Waals surface area contributed by atoms with Crippen LogP contribution in [0.2, 0.25) is 0 Å². The Balaban J connectivity index is 3.92. The molecule has 0 aliphatic carbocycles. The number of methoxy groups -OCH3 is 1. The van der Waals surface area contributed by atoms with Crippen LogP contribution in [0.25, 0.3) is 0 Å². The predicted octanol–water partition coefficient (Wildman–Crippen LogP) is 0.895. The highest BCUT2D eigenvalue weighted by molar-refractivity contribution is 5.78. The molecule has 5 nitrogen and oxygen atoms in total. The Labute approximate surface area is 90.6 Å². The van der Waals surface area contributed by atoms with Crippen LogP contribution in [0.1, 0.15) is 27.2 Å². The maximum Gasteiger partial charge on any atom is 0.314 e. The minimum atomic E-state index is -0.696. The molecule has 2 N–H and O–H groups in total. The Hall–Kier alpha value is -1.26. The molecule has 88 valence electrons. The lowest BCUT2D eigenvalue weighted by molar-refractivity contribution is -0.150. The lowest BCUT2D eigenvalue weighted by Gasteiger charge is -2.21. The topological polar surface area (TPSA) is 67.4 Å². The van der Waals surface area contributed by atoms with Gasteiger partial charge < -0.3 is 15.4 Å². The molecule has 0 aromatic heterocycles. The van der Waals surface area contributed by atoms with Gasteiger partial charge in [-0.1, -0.05) is 6.92 Å². The van der Waals surface area contributed by atoms with Gasteiger partial charge in [-0.3, -0.25) is 4.79 Å². The third-order valence-corrected chi connectivity index (χ3v) is 1.96. The van der Waals surface area contributed by atoms with E-state index < -0.39 is 5.41 Å². The average Bonchev–Trinajstić information content (AvgIpc) is 2.22. The van der Waals surface area contributed by atoms with E-state index in [2.05, 4.69) is 15.4 Å². The second-order valence-electron chi connectivity index (χ2n) is 3.98. The normalized spacial score (nSPS) is 10.7. The van der Waals surface area contributed by atoms with E-state index in [0.29, 0.717) is 6.54 Å². The van der Waals surface area contributed by atoms with Gasteiger partial charge in [-0.15, -0.1) is 0 Å². The number of amides is 2. The fourth-order valence-corrected chi connectivity index (χ4v) is 0.951. The quantitative estimate of drug-likeness (QED) is 0.671. The predicted molar refractivity (Wildman–Crippen MR) is 57.5 cm³/mol. The molecule has 0 atom stereocenters. The molecule has 0 aliphatic rings. The van der Waals surface area contributed by atoms with Crippen LogP contribution in [0, 0.1) is 5.41 Å². The molecule has 15 heavy (non-hydrogen) atoms. The molecule has 0 spiro atoms. The van der Waals surface area contributed by atoms with Crippen molar-refractivity contribution >= 4 is 12.0 Å². The zero-order valence-electron chi connectivity index (χ0n) is 9.85. The molecular weight excluding hydrogens is 196 g/mol. The van der Waals surface area contributed by atoms with Crippen LogP contribution in [0.15, 0.2) is 0 Å². The second-order valence-corrected chi connectivity index (χ2v) is 3.98. The maximum atomic E-state index is 11.3. The van der Waals surface area contributed by atoms with Crippen LogP contribution in [0.3, 0.4) is 0 Å². The Bertz CT molecular complexity index is 227. The van der Waals surface area contributed by atoms with Crippen molar-refractivity contribution in [2.24, 2.45) is 5.41 Å². The Kier molecular flexibility index (Phi) is 5.74. The van der Waals surface area contributed by atoms with Crippen molar-refractivity contribution in [3.63, 3.8) is 0 Å². The van der Waals surface area contributed by atoms with Crippen LogP contribution in [0.5, 0.6) is 0 Å². The van der Waals surface area contributed by atoms with Crippen LogP contribution in [-0.4, -0.2) is 32.2 Å². The van der Waals surface area contributed by atoms with Gasteiger partial charge in [0.2, 0.25) is 0 Å². The molecule has 0 aromatic rings. The van der Waals surface area contributed by atoms with Crippen LogP contribution < -0.4 is 10.6 Å². The van der Waals surface area contributed by atoms with Crippen molar-refractivity contribution in [3.05, 3.63) is 0 Å². The second kappa shape index (κ2) is 6.27. The van der Waals surface area contributed by atoms with Gasteiger partial charge in [-0.25, -0.2) is 4.79 Å². The summed E-state index contributed by atoms with van der Waals surface area (Å²) in [6.07, 6.45) is 0.883. The van der Waals surface area contributed by atoms with Crippen molar-refractivity contribution in [1.29, 1.82) is 0 Å². The van der Waals surface area contributed by atoms with Crippen molar-refractivity contribution in [1.82, 2.24) is 10.6 Å². The lowest BCUT2D eigenvalue weighted by Crippen LogP contribution is -2.44. The largest absolute Gasteiger partial charge is 0.469 e. The van der Waals surface area contributed by atoms with E-state index in [1.54, 1.807) is 13.8 Å². The fourth-order valence-electron chi connectivity index (χ4n) is 0.951. The van der Waals surface area contributed by atoms with E-state index in [0.717, 1.165) is 6.42 Å². The number of hydrogen-bond acceptors (Lipinski definition) is 3. The number of urea groups is 1. The van der Waals surface area contributed by atoms with Crippen molar-refractivity contribution < 1.29 is 14.3 Å². The number of carbonyl (C=O) groups is 2.